The van der Waals surface area contributed by atoms with Crippen molar-refractivity contribution in [2.75, 3.05) is 0 Å². The molecule has 1 aromatic heterocycles. The predicted octanol–water partition coefficient (Wildman–Crippen LogP) is 2.07. The average molecular weight is 177 g/mol. The molecule has 1 heterocycles. The minimum absolute atomic E-state index is 0.564. The lowest BCUT2D eigenvalue weighted by Crippen LogP contribution is -2.33. The second-order valence-corrected chi connectivity index (χ2v) is 4.01. The Balaban J connectivity index is 2.36. The molecule has 1 aliphatic carbocycles. The van der Waals surface area contributed by atoms with E-state index < -0.39 is 5.60 Å². The van der Waals surface area contributed by atoms with Gasteiger partial charge in [0.1, 0.15) is 0 Å². The van der Waals surface area contributed by atoms with Crippen LogP contribution in [-0.4, -0.2) is 10.1 Å². The molecule has 0 amide bonds. The number of aryl methyl sites for hydroxylation is 2. The quantitative estimate of drug-likeness (QED) is 0.712. The van der Waals surface area contributed by atoms with Crippen LogP contribution in [0.4, 0.5) is 0 Å². The first-order chi connectivity index (χ1) is 6.12. The molecule has 0 aliphatic heterocycles. The summed E-state index contributed by atoms with van der Waals surface area (Å²) < 4.78 is 0. The van der Waals surface area contributed by atoms with Crippen LogP contribution in [0.2, 0.25) is 0 Å². The van der Waals surface area contributed by atoms with E-state index in [-0.39, 0.29) is 0 Å². The second kappa shape index (κ2) is 2.81. The Morgan fingerprint density at radius 1 is 1.38 bits per heavy atom. The van der Waals surface area contributed by atoms with Gasteiger partial charge in [-0.25, -0.2) is 0 Å². The molecule has 70 valence electrons. The normalized spacial score (nSPS) is 19.6. The van der Waals surface area contributed by atoms with Gasteiger partial charge in [0.15, 0.2) is 0 Å². The van der Waals surface area contributed by atoms with Crippen molar-refractivity contribution in [1.29, 1.82) is 0 Å². The van der Waals surface area contributed by atoms with Crippen LogP contribution in [0.3, 0.4) is 0 Å². The lowest BCUT2D eigenvalue weighted by Gasteiger charge is -2.37. The summed E-state index contributed by atoms with van der Waals surface area (Å²) in [6, 6.07) is 2.06. The number of hydrogen-bond donors (Lipinski definition) is 1. The van der Waals surface area contributed by atoms with Crippen LogP contribution in [0.25, 0.3) is 0 Å². The van der Waals surface area contributed by atoms with Crippen molar-refractivity contribution in [1.82, 2.24) is 4.98 Å². The third kappa shape index (κ3) is 1.35. The molecule has 1 fully saturated rings. The Kier molecular flexibility index (Phi) is 1.88. The third-order valence-corrected chi connectivity index (χ3v) is 3.06. The fraction of sp³-hybridized carbons (Fsp3) is 0.545. The van der Waals surface area contributed by atoms with Gasteiger partial charge < -0.3 is 5.11 Å². The van der Waals surface area contributed by atoms with E-state index in [0.29, 0.717) is 0 Å². The van der Waals surface area contributed by atoms with Crippen molar-refractivity contribution in [3.8, 4) is 0 Å². The topological polar surface area (TPSA) is 33.1 Å². The molecule has 0 aromatic carbocycles. The van der Waals surface area contributed by atoms with Gasteiger partial charge in [-0.3, -0.25) is 4.98 Å². The molecule has 0 saturated heterocycles. The van der Waals surface area contributed by atoms with E-state index in [1.165, 1.54) is 0 Å². The number of pyridine rings is 1. The summed E-state index contributed by atoms with van der Waals surface area (Å²) >= 11 is 0. The highest BCUT2D eigenvalue weighted by molar-refractivity contribution is 5.28. The van der Waals surface area contributed by atoms with E-state index >= 15 is 0 Å². The molecule has 0 atom stereocenters. The van der Waals surface area contributed by atoms with Gasteiger partial charge >= 0.3 is 0 Å². The van der Waals surface area contributed by atoms with E-state index in [9.17, 15) is 5.11 Å². The minimum Gasteiger partial charge on any atom is -0.385 e. The highest BCUT2D eigenvalue weighted by Crippen LogP contribution is 2.40. The van der Waals surface area contributed by atoms with Crippen LogP contribution < -0.4 is 0 Å². The molecule has 1 aliphatic rings. The fourth-order valence-electron chi connectivity index (χ4n) is 1.70. The maximum atomic E-state index is 10.1. The number of rotatable bonds is 1. The van der Waals surface area contributed by atoms with Gasteiger partial charge in [0.05, 0.1) is 5.60 Å². The molecule has 2 rings (SSSR count). The maximum Gasteiger partial charge on any atom is 0.0911 e. The first-order valence-corrected chi connectivity index (χ1v) is 4.78. The number of hydrogen-bond acceptors (Lipinski definition) is 2. The van der Waals surface area contributed by atoms with Gasteiger partial charge in [-0.2, -0.15) is 0 Å². The van der Waals surface area contributed by atoms with Gasteiger partial charge in [-0.05, 0) is 44.7 Å². The monoisotopic (exact) mass is 177 g/mol. The predicted molar refractivity (Wildman–Crippen MR) is 51.5 cm³/mol. The molecule has 13 heavy (non-hydrogen) atoms. The van der Waals surface area contributed by atoms with Crippen LogP contribution in [0.15, 0.2) is 12.3 Å². The molecule has 2 nitrogen and oxygen atoms in total. The fourth-order valence-corrected chi connectivity index (χ4v) is 1.70. The number of aromatic nitrogens is 1. The van der Waals surface area contributed by atoms with Crippen LogP contribution in [0.5, 0.6) is 0 Å². The highest BCUT2D eigenvalue weighted by Gasteiger charge is 2.36. The van der Waals surface area contributed by atoms with E-state index in [0.717, 1.165) is 36.1 Å². The van der Waals surface area contributed by atoms with Gasteiger partial charge in [-0.1, -0.05) is 0 Å². The zero-order valence-electron chi connectivity index (χ0n) is 8.17. The van der Waals surface area contributed by atoms with E-state index in [1.807, 2.05) is 20.0 Å². The molecule has 1 saturated carbocycles. The van der Waals surface area contributed by atoms with Crippen molar-refractivity contribution >= 4 is 0 Å². The van der Waals surface area contributed by atoms with Gasteiger partial charge in [0.25, 0.3) is 0 Å². The Labute approximate surface area is 78.6 Å². The number of nitrogens with zero attached hydrogens (tertiary/aromatic N) is 1. The third-order valence-electron chi connectivity index (χ3n) is 3.06. The Hall–Kier alpha value is -0.890. The van der Waals surface area contributed by atoms with Gasteiger partial charge in [0.2, 0.25) is 0 Å². The van der Waals surface area contributed by atoms with E-state index in [1.54, 1.807) is 0 Å². The SMILES string of the molecule is Cc1cc(C2(O)CCC2)cnc1C. The van der Waals surface area contributed by atoms with Gasteiger partial charge in [0, 0.05) is 17.5 Å². The van der Waals surface area contributed by atoms with Crippen molar-refractivity contribution in [2.24, 2.45) is 0 Å². The Morgan fingerprint density at radius 2 is 2.08 bits per heavy atom. The summed E-state index contributed by atoms with van der Waals surface area (Å²) in [4.78, 5) is 4.27. The summed E-state index contributed by atoms with van der Waals surface area (Å²) in [5, 5.41) is 10.1. The maximum absolute atomic E-state index is 10.1. The Bertz CT molecular complexity index is 329. The molecule has 0 spiro atoms. The van der Waals surface area contributed by atoms with Crippen LogP contribution >= 0.6 is 0 Å². The summed E-state index contributed by atoms with van der Waals surface area (Å²) in [7, 11) is 0. The summed E-state index contributed by atoms with van der Waals surface area (Å²) in [6.45, 7) is 4.03. The zero-order valence-corrected chi connectivity index (χ0v) is 8.17. The zero-order chi connectivity index (χ0) is 9.47. The smallest absolute Gasteiger partial charge is 0.0911 e. The molecule has 0 radical (unpaired) electrons. The molecule has 1 N–H and O–H groups in total. The average Bonchev–Trinajstić information content (AvgIpc) is 2.06. The molecular weight excluding hydrogens is 162 g/mol. The van der Waals surface area contributed by atoms with Gasteiger partial charge in [-0.15, -0.1) is 0 Å². The lowest BCUT2D eigenvalue weighted by molar-refractivity contribution is -0.0391. The lowest BCUT2D eigenvalue weighted by atomic mass is 9.75. The summed E-state index contributed by atoms with van der Waals surface area (Å²) in [5.41, 5.74) is 2.64. The molecule has 0 unspecified atom stereocenters. The van der Waals surface area contributed by atoms with E-state index in [4.69, 9.17) is 0 Å². The summed E-state index contributed by atoms with van der Waals surface area (Å²) in [5.74, 6) is 0. The molecule has 1 aromatic rings. The first-order valence-electron chi connectivity index (χ1n) is 4.78. The van der Waals surface area contributed by atoms with Crippen molar-refractivity contribution < 1.29 is 5.11 Å². The van der Waals surface area contributed by atoms with Crippen LogP contribution in [0.1, 0.15) is 36.1 Å². The van der Waals surface area contributed by atoms with E-state index in [2.05, 4.69) is 11.1 Å². The number of aliphatic hydroxyl groups is 1. The Morgan fingerprint density at radius 3 is 2.54 bits per heavy atom. The molecule has 2 heteroatoms. The standard InChI is InChI=1S/C11H15NO/c1-8-6-10(7-12-9(8)2)11(13)4-3-5-11/h6-7,13H,3-5H2,1-2H3. The van der Waals surface area contributed by atoms with Crippen molar-refractivity contribution in [3.63, 3.8) is 0 Å². The molecule has 0 bridgehead atoms. The van der Waals surface area contributed by atoms with Crippen molar-refractivity contribution in [2.45, 2.75) is 38.7 Å². The molecular formula is C11H15NO. The largest absolute Gasteiger partial charge is 0.385 e. The van der Waals surface area contributed by atoms with Crippen molar-refractivity contribution in [3.05, 3.63) is 29.1 Å². The first kappa shape index (κ1) is 8.70. The summed E-state index contributed by atoms with van der Waals surface area (Å²) in [6.07, 6.45) is 4.71. The minimum atomic E-state index is -0.564. The second-order valence-electron chi connectivity index (χ2n) is 4.01. The van der Waals surface area contributed by atoms with Crippen LogP contribution in [0, 0.1) is 13.8 Å². The van der Waals surface area contributed by atoms with Crippen LogP contribution in [-0.2, 0) is 5.60 Å². The highest BCUT2D eigenvalue weighted by atomic mass is 16.3.